The molecule has 2 aromatic rings. The molecule has 3 rings (SSSR count). The molecule has 0 saturated carbocycles. The summed E-state index contributed by atoms with van der Waals surface area (Å²) in [5.74, 6) is 0.486. The van der Waals surface area contributed by atoms with Gasteiger partial charge in [0.05, 0.1) is 17.1 Å². The molecule has 0 fully saturated rings. The fourth-order valence-electron chi connectivity index (χ4n) is 3.14. The van der Waals surface area contributed by atoms with E-state index in [-0.39, 0.29) is 31.3 Å². The first-order valence-corrected chi connectivity index (χ1v) is 9.11. The first-order chi connectivity index (χ1) is 13.7. The van der Waals surface area contributed by atoms with E-state index in [1.165, 1.54) is 12.3 Å². The molecule has 7 nitrogen and oxygen atoms in total. The highest BCUT2D eigenvalue weighted by Gasteiger charge is 2.31. The Bertz CT molecular complexity index is 893. The highest BCUT2D eigenvalue weighted by molar-refractivity contribution is 7.59. The van der Waals surface area contributed by atoms with Gasteiger partial charge in [0.2, 0.25) is 11.8 Å². The van der Waals surface area contributed by atoms with E-state index >= 15 is 0 Å². The van der Waals surface area contributed by atoms with Crippen LogP contribution in [0.25, 0.3) is 0 Å². The Balaban J connectivity index is 0.00000320. The Morgan fingerprint density at radius 1 is 1.33 bits per heavy atom. The quantitative estimate of drug-likeness (QED) is 0.710. The summed E-state index contributed by atoms with van der Waals surface area (Å²) in [4.78, 5) is 22.5. The number of carbonyl (C=O) groups excluding carboxylic acids is 1. The van der Waals surface area contributed by atoms with E-state index in [4.69, 9.17) is 0 Å². The summed E-state index contributed by atoms with van der Waals surface area (Å²) in [6.45, 7) is 2.77. The van der Waals surface area contributed by atoms with Crippen LogP contribution in [0.15, 0.2) is 24.4 Å². The standard InChI is InChI=1S/C19H22F3N5O2.H2S/c1-4-13-18(28)26-17-11(2)25-15(7-14(17)27(13)3)23-8-12-5-6-16(24-9-12)29-10-19(20,21)22;/h5-7,9,13H,4,8,10H2,1-3H3,(H,23,25)(H,26,28);1H2/t13-;/m0./s1. The van der Waals surface area contributed by atoms with Crippen LogP contribution >= 0.6 is 13.5 Å². The number of anilines is 3. The van der Waals surface area contributed by atoms with E-state index < -0.39 is 12.8 Å². The summed E-state index contributed by atoms with van der Waals surface area (Å²) in [6.07, 6.45) is -2.27. The van der Waals surface area contributed by atoms with Crippen LogP contribution in [0.1, 0.15) is 24.6 Å². The minimum atomic E-state index is -4.40. The van der Waals surface area contributed by atoms with Crippen LogP contribution in [0.2, 0.25) is 0 Å². The third kappa shape index (κ3) is 5.47. The molecule has 3 heterocycles. The number of hydrogen-bond acceptors (Lipinski definition) is 6. The first kappa shape index (κ1) is 23.6. The number of hydrogen-bond donors (Lipinski definition) is 2. The molecule has 0 aliphatic carbocycles. The van der Waals surface area contributed by atoms with E-state index in [1.807, 2.05) is 31.9 Å². The van der Waals surface area contributed by atoms with Crippen molar-refractivity contribution in [1.82, 2.24) is 9.97 Å². The fourth-order valence-corrected chi connectivity index (χ4v) is 3.14. The lowest BCUT2D eigenvalue weighted by atomic mass is 10.1. The van der Waals surface area contributed by atoms with Crippen molar-refractivity contribution in [3.05, 3.63) is 35.7 Å². The van der Waals surface area contributed by atoms with Crippen molar-refractivity contribution in [2.24, 2.45) is 0 Å². The Morgan fingerprint density at radius 2 is 2.07 bits per heavy atom. The molecule has 30 heavy (non-hydrogen) atoms. The summed E-state index contributed by atoms with van der Waals surface area (Å²) in [7, 11) is 1.87. The number of fused-ring (bicyclic) bond motifs is 1. The highest BCUT2D eigenvalue weighted by Crippen LogP contribution is 2.35. The van der Waals surface area contributed by atoms with Crippen LogP contribution in [0.3, 0.4) is 0 Å². The Hall–Kier alpha value is -2.69. The second-order valence-corrected chi connectivity index (χ2v) is 6.77. The summed E-state index contributed by atoms with van der Waals surface area (Å²) >= 11 is 0. The van der Waals surface area contributed by atoms with Crippen LogP contribution in [0.5, 0.6) is 5.88 Å². The van der Waals surface area contributed by atoms with E-state index in [2.05, 4.69) is 25.3 Å². The van der Waals surface area contributed by atoms with Gasteiger partial charge in [-0.15, -0.1) is 0 Å². The number of nitrogens with zero attached hydrogens (tertiary/aromatic N) is 3. The first-order valence-electron chi connectivity index (χ1n) is 9.11. The number of pyridine rings is 2. The summed E-state index contributed by atoms with van der Waals surface area (Å²) < 4.78 is 41.1. The lowest BCUT2D eigenvalue weighted by molar-refractivity contribution is -0.154. The SMILES string of the molecule is CC[C@H]1C(=O)Nc2c(cc(NCc3ccc(OCC(F)(F)F)nc3)nc2C)N1C.S. The smallest absolute Gasteiger partial charge is 0.422 e. The second kappa shape index (κ2) is 9.41. The van der Waals surface area contributed by atoms with Gasteiger partial charge in [-0.05, 0) is 18.9 Å². The lowest BCUT2D eigenvalue weighted by Crippen LogP contribution is -2.45. The Kier molecular flexibility index (Phi) is 7.40. The van der Waals surface area contributed by atoms with Crippen molar-refractivity contribution >= 4 is 36.6 Å². The molecular weight excluding hydrogens is 419 g/mol. The predicted octanol–water partition coefficient (Wildman–Crippen LogP) is 3.62. The molecule has 0 radical (unpaired) electrons. The van der Waals surface area contributed by atoms with E-state index in [9.17, 15) is 18.0 Å². The molecule has 1 aliphatic heterocycles. The minimum Gasteiger partial charge on any atom is -0.468 e. The van der Waals surface area contributed by atoms with Crippen LogP contribution in [0, 0.1) is 6.92 Å². The van der Waals surface area contributed by atoms with E-state index in [0.29, 0.717) is 30.2 Å². The molecule has 2 aromatic heterocycles. The number of amides is 1. The lowest BCUT2D eigenvalue weighted by Gasteiger charge is -2.35. The van der Waals surface area contributed by atoms with Gasteiger partial charge in [-0.2, -0.15) is 26.7 Å². The normalized spacial score (nSPS) is 15.7. The molecular formula is C19H24F3N5O2S. The molecule has 1 atom stereocenters. The highest BCUT2D eigenvalue weighted by atomic mass is 32.1. The molecule has 0 unspecified atom stereocenters. The van der Waals surface area contributed by atoms with Crippen molar-refractivity contribution in [2.45, 2.75) is 39.0 Å². The molecule has 1 aliphatic rings. The fraction of sp³-hybridized carbons (Fsp3) is 0.421. The molecule has 0 spiro atoms. The van der Waals surface area contributed by atoms with Gasteiger partial charge in [-0.25, -0.2) is 9.97 Å². The molecule has 164 valence electrons. The van der Waals surface area contributed by atoms with Gasteiger partial charge in [0, 0.05) is 31.9 Å². The summed E-state index contributed by atoms with van der Waals surface area (Å²) in [5, 5.41) is 6.10. The third-order valence-electron chi connectivity index (χ3n) is 4.62. The van der Waals surface area contributed by atoms with Gasteiger partial charge in [0.25, 0.3) is 0 Å². The third-order valence-corrected chi connectivity index (χ3v) is 4.62. The largest absolute Gasteiger partial charge is 0.468 e. The Morgan fingerprint density at radius 3 is 2.67 bits per heavy atom. The molecule has 0 aromatic carbocycles. The number of ether oxygens (including phenoxy) is 1. The van der Waals surface area contributed by atoms with Crippen LogP contribution in [-0.2, 0) is 11.3 Å². The monoisotopic (exact) mass is 443 g/mol. The summed E-state index contributed by atoms with van der Waals surface area (Å²) in [6, 6.07) is 4.64. The number of halogens is 3. The average molecular weight is 443 g/mol. The van der Waals surface area contributed by atoms with E-state index in [1.54, 1.807) is 6.07 Å². The second-order valence-electron chi connectivity index (χ2n) is 6.77. The zero-order valence-corrected chi connectivity index (χ0v) is 17.8. The molecule has 11 heteroatoms. The van der Waals surface area contributed by atoms with Gasteiger partial charge in [-0.1, -0.05) is 13.0 Å². The number of likely N-dealkylation sites (N-methyl/N-ethyl adjacent to an activating group) is 1. The zero-order chi connectivity index (χ0) is 21.2. The molecule has 0 bridgehead atoms. The Labute approximate surface area is 179 Å². The predicted molar refractivity (Wildman–Crippen MR) is 114 cm³/mol. The molecule has 0 saturated heterocycles. The number of carbonyl (C=O) groups is 1. The number of rotatable bonds is 6. The molecule has 1 amide bonds. The maximum absolute atomic E-state index is 12.2. The number of aryl methyl sites for hydroxylation is 1. The van der Waals surface area contributed by atoms with Crippen molar-refractivity contribution in [3.8, 4) is 5.88 Å². The van der Waals surface area contributed by atoms with Crippen LogP contribution in [-0.4, -0.2) is 41.7 Å². The van der Waals surface area contributed by atoms with Gasteiger partial charge in [0.1, 0.15) is 11.9 Å². The zero-order valence-electron chi connectivity index (χ0n) is 16.8. The van der Waals surface area contributed by atoms with Crippen molar-refractivity contribution in [2.75, 3.05) is 29.2 Å². The van der Waals surface area contributed by atoms with Crippen LogP contribution in [0.4, 0.5) is 30.4 Å². The minimum absolute atomic E-state index is 0. The number of nitrogens with one attached hydrogen (secondary N) is 2. The maximum Gasteiger partial charge on any atom is 0.422 e. The van der Waals surface area contributed by atoms with Gasteiger partial charge >= 0.3 is 6.18 Å². The number of aromatic nitrogens is 2. The maximum atomic E-state index is 12.2. The summed E-state index contributed by atoms with van der Waals surface area (Å²) in [5.41, 5.74) is 3.02. The van der Waals surface area contributed by atoms with Gasteiger partial charge < -0.3 is 20.3 Å². The topological polar surface area (TPSA) is 79.4 Å². The van der Waals surface area contributed by atoms with Crippen molar-refractivity contribution in [1.29, 1.82) is 0 Å². The van der Waals surface area contributed by atoms with Crippen molar-refractivity contribution < 1.29 is 22.7 Å². The number of alkyl halides is 3. The van der Waals surface area contributed by atoms with Gasteiger partial charge in [0.15, 0.2) is 6.61 Å². The average Bonchev–Trinajstić information content (AvgIpc) is 2.66. The van der Waals surface area contributed by atoms with Crippen LogP contribution < -0.4 is 20.3 Å². The van der Waals surface area contributed by atoms with Gasteiger partial charge in [-0.3, -0.25) is 4.79 Å². The van der Waals surface area contributed by atoms with Crippen molar-refractivity contribution in [3.63, 3.8) is 0 Å². The van der Waals surface area contributed by atoms with E-state index in [0.717, 1.165) is 11.3 Å². The molecule has 2 N–H and O–H groups in total.